The lowest BCUT2D eigenvalue weighted by molar-refractivity contribution is 0.0717. The summed E-state index contributed by atoms with van der Waals surface area (Å²) < 4.78 is 27.4. The van der Waals surface area contributed by atoms with Gasteiger partial charge in [-0.1, -0.05) is 12.1 Å². The summed E-state index contributed by atoms with van der Waals surface area (Å²) in [6.07, 6.45) is -0.453. The van der Waals surface area contributed by atoms with Gasteiger partial charge in [0.25, 0.3) is 5.91 Å². The first-order valence-corrected chi connectivity index (χ1v) is 7.77. The van der Waals surface area contributed by atoms with Crippen LogP contribution in [0.2, 0.25) is 0 Å². The highest BCUT2D eigenvalue weighted by atomic mass is 19.1. The lowest BCUT2D eigenvalue weighted by Crippen LogP contribution is -2.32. The molecule has 4 rings (SSSR count). The lowest BCUT2D eigenvalue weighted by atomic mass is 10.0. The van der Waals surface area contributed by atoms with Crippen molar-refractivity contribution in [3.8, 4) is 0 Å². The number of aromatic amines is 1. The van der Waals surface area contributed by atoms with Crippen molar-refractivity contribution in [2.45, 2.75) is 18.6 Å². The van der Waals surface area contributed by atoms with E-state index < -0.39 is 29.7 Å². The zero-order chi connectivity index (χ0) is 17.6. The van der Waals surface area contributed by atoms with Crippen molar-refractivity contribution in [1.29, 1.82) is 0 Å². The topological polar surface area (TPSA) is 82.1 Å². The Morgan fingerprint density at radius 2 is 2.04 bits per heavy atom. The van der Waals surface area contributed by atoms with Gasteiger partial charge >= 0.3 is 0 Å². The number of amides is 1. The van der Waals surface area contributed by atoms with E-state index in [4.69, 9.17) is 0 Å². The van der Waals surface area contributed by atoms with E-state index in [9.17, 15) is 18.7 Å². The normalized spacial score (nSPS) is 20.4. The molecule has 1 aliphatic rings. The number of hydrogen-bond acceptors (Lipinski definition) is 4. The number of hydrogen-bond donors (Lipinski definition) is 2. The Labute approximate surface area is 141 Å². The van der Waals surface area contributed by atoms with E-state index in [1.54, 1.807) is 12.1 Å². The molecule has 1 aromatic heterocycles. The zero-order valence-corrected chi connectivity index (χ0v) is 13.0. The van der Waals surface area contributed by atoms with Crippen LogP contribution < -0.4 is 0 Å². The maximum atomic E-state index is 13.8. The van der Waals surface area contributed by atoms with Gasteiger partial charge in [0.1, 0.15) is 22.7 Å². The Hall–Kier alpha value is -2.87. The largest absolute Gasteiger partial charge is 0.391 e. The third-order valence-corrected chi connectivity index (χ3v) is 4.39. The Kier molecular flexibility index (Phi) is 3.69. The monoisotopic (exact) mass is 344 g/mol. The first-order valence-electron chi connectivity index (χ1n) is 7.77. The minimum absolute atomic E-state index is 0.0549. The van der Waals surface area contributed by atoms with Crippen LogP contribution in [0.15, 0.2) is 36.4 Å². The summed E-state index contributed by atoms with van der Waals surface area (Å²) in [5, 5.41) is 20.1. The van der Waals surface area contributed by atoms with E-state index in [2.05, 4.69) is 15.4 Å². The molecule has 0 spiro atoms. The molecule has 8 heteroatoms. The fraction of sp³-hybridized carbons (Fsp3) is 0.235. The van der Waals surface area contributed by atoms with Crippen LogP contribution in [0, 0.1) is 11.6 Å². The van der Waals surface area contributed by atoms with Crippen molar-refractivity contribution < 1.29 is 18.7 Å². The smallest absolute Gasteiger partial charge is 0.256 e. The predicted octanol–water partition coefficient (Wildman–Crippen LogP) is 2.18. The third kappa shape index (κ3) is 2.74. The van der Waals surface area contributed by atoms with Crippen molar-refractivity contribution in [2.75, 3.05) is 6.54 Å². The van der Waals surface area contributed by atoms with E-state index >= 15 is 0 Å². The summed E-state index contributed by atoms with van der Waals surface area (Å²) in [6.45, 7) is 0.0792. The molecule has 0 bridgehead atoms. The number of nitrogens with one attached hydrogen (secondary N) is 1. The van der Waals surface area contributed by atoms with Crippen molar-refractivity contribution >= 4 is 16.9 Å². The number of carbonyl (C=O) groups is 1. The molecule has 1 fully saturated rings. The first-order chi connectivity index (χ1) is 12.0. The number of carbonyl (C=O) groups excluding carboxylic acids is 1. The zero-order valence-electron chi connectivity index (χ0n) is 13.0. The standard InChI is InChI=1S/C17H14F2N4O2/c18-10-3-1-2-9(4-10)15-7-12(24)8-23(15)17(25)13-5-11(19)6-14-16(13)21-22-20-14/h1-6,12,15,24H,7-8H2,(H,20,21,22)/t12-,15+/m1/s1. The van der Waals surface area contributed by atoms with Gasteiger partial charge in [-0.25, -0.2) is 8.78 Å². The summed E-state index contributed by atoms with van der Waals surface area (Å²) in [5.41, 5.74) is 1.13. The fourth-order valence-corrected chi connectivity index (χ4v) is 3.30. The Morgan fingerprint density at radius 3 is 2.84 bits per heavy atom. The van der Waals surface area contributed by atoms with Crippen LogP contribution in [0.3, 0.4) is 0 Å². The van der Waals surface area contributed by atoms with Crippen molar-refractivity contribution in [2.24, 2.45) is 0 Å². The number of β-amino-alcohol motifs (C(OH)–C–C–N with tert-alkyl or cyclic N) is 1. The number of aliphatic hydroxyl groups is 1. The van der Waals surface area contributed by atoms with Crippen LogP contribution >= 0.6 is 0 Å². The van der Waals surface area contributed by atoms with Gasteiger partial charge in [-0.05, 0) is 30.2 Å². The number of likely N-dealkylation sites (tertiary alicyclic amines) is 1. The molecule has 2 heterocycles. The molecular weight excluding hydrogens is 330 g/mol. The first kappa shape index (κ1) is 15.6. The molecule has 2 atom stereocenters. The molecule has 25 heavy (non-hydrogen) atoms. The highest BCUT2D eigenvalue weighted by Crippen LogP contribution is 2.34. The SMILES string of the molecule is O=C(c1cc(F)cc2n[nH]nc12)N1C[C@H](O)C[C@H]1c1cccc(F)c1. The van der Waals surface area contributed by atoms with Crippen LogP contribution in [-0.4, -0.2) is 44.0 Å². The van der Waals surface area contributed by atoms with Crippen LogP contribution in [0.4, 0.5) is 8.78 Å². The molecule has 1 saturated heterocycles. The van der Waals surface area contributed by atoms with E-state index in [0.717, 1.165) is 6.07 Å². The molecule has 2 aromatic carbocycles. The Bertz CT molecular complexity index is 959. The average Bonchev–Trinajstić information content (AvgIpc) is 3.19. The van der Waals surface area contributed by atoms with Crippen LogP contribution in [0.25, 0.3) is 11.0 Å². The number of nitrogens with zero attached hydrogens (tertiary/aromatic N) is 3. The second-order valence-electron chi connectivity index (χ2n) is 6.06. The van der Waals surface area contributed by atoms with Gasteiger partial charge in [0.05, 0.1) is 17.7 Å². The van der Waals surface area contributed by atoms with Gasteiger partial charge in [0, 0.05) is 12.6 Å². The van der Waals surface area contributed by atoms with Crippen LogP contribution in [-0.2, 0) is 0 Å². The maximum absolute atomic E-state index is 13.8. The summed E-state index contributed by atoms with van der Waals surface area (Å²) in [7, 11) is 0. The van der Waals surface area contributed by atoms with E-state index in [1.165, 1.54) is 23.1 Å². The quantitative estimate of drug-likeness (QED) is 0.747. The number of halogens is 2. The molecule has 1 aliphatic heterocycles. The van der Waals surface area contributed by atoms with Gasteiger partial charge in [-0.15, -0.1) is 0 Å². The second-order valence-corrected chi connectivity index (χ2v) is 6.06. The molecule has 128 valence electrons. The highest BCUT2D eigenvalue weighted by molar-refractivity contribution is 6.04. The predicted molar refractivity (Wildman–Crippen MR) is 84.6 cm³/mol. The number of fused-ring (bicyclic) bond motifs is 1. The molecule has 1 amide bonds. The average molecular weight is 344 g/mol. The minimum atomic E-state index is -0.737. The fourth-order valence-electron chi connectivity index (χ4n) is 3.30. The number of H-pyrrole nitrogens is 1. The molecule has 2 N–H and O–H groups in total. The molecule has 0 radical (unpaired) electrons. The Morgan fingerprint density at radius 1 is 1.20 bits per heavy atom. The molecular formula is C17H14F2N4O2. The van der Waals surface area contributed by atoms with Crippen molar-refractivity contribution in [3.63, 3.8) is 0 Å². The number of rotatable bonds is 2. The number of benzene rings is 2. The highest BCUT2D eigenvalue weighted by Gasteiger charge is 2.36. The van der Waals surface area contributed by atoms with Gasteiger partial charge in [0.15, 0.2) is 0 Å². The van der Waals surface area contributed by atoms with Crippen molar-refractivity contribution in [3.05, 3.63) is 59.2 Å². The maximum Gasteiger partial charge on any atom is 0.256 e. The molecule has 0 aliphatic carbocycles. The third-order valence-electron chi connectivity index (χ3n) is 4.39. The van der Waals surface area contributed by atoms with Gasteiger partial charge in [-0.2, -0.15) is 15.4 Å². The number of aromatic nitrogens is 3. The van der Waals surface area contributed by atoms with E-state index in [1.807, 2.05) is 0 Å². The molecule has 0 saturated carbocycles. The molecule has 6 nitrogen and oxygen atoms in total. The minimum Gasteiger partial charge on any atom is -0.391 e. The summed E-state index contributed by atoms with van der Waals surface area (Å²) in [5.74, 6) is -1.51. The summed E-state index contributed by atoms with van der Waals surface area (Å²) in [6, 6.07) is 7.67. The van der Waals surface area contributed by atoms with E-state index in [-0.39, 0.29) is 29.6 Å². The van der Waals surface area contributed by atoms with Gasteiger partial charge < -0.3 is 10.0 Å². The summed E-state index contributed by atoms with van der Waals surface area (Å²) in [4.78, 5) is 14.4. The van der Waals surface area contributed by atoms with Gasteiger partial charge in [-0.3, -0.25) is 4.79 Å². The second kappa shape index (κ2) is 5.89. The van der Waals surface area contributed by atoms with E-state index in [0.29, 0.717) is 5.56 Å². The van der Waals surface area contributed by atoms with Crippen LogP contribution in [0.5, 0.6) is 0 Å². The molecule has 0 unspecified atom stereocenters. The van der Waals surface area contributed by atoms with Crippen LogP contribution in [0.1, 0.15) is 28.4 Å². The molecule has 3 aromatic rings. The van der Waals surface area contributed by atoms with Crippen molar-refractivity contribution in [1.82, 2.24) is 20.3 Å². The number of aliphatic hydroxyl groups excluding tert-OH is 1. The van der Waals surface area contributed by atoms with Gasteiger partial charge in [0.2, 0.25) is 0 Å². The Balaban J connectivity index is 1.76. The lowest BCUT2D eigenvalue weighted by Gasteiger charge is -2.25. The summed E-state index contributed by atoms with van der Waals surface area (Å²) >= 11 is 0.